The quantitative estimate of drug-likeness (QED) is 0.540. The Labute approximate surface area is 98.4 Å². The molecule has 0 spiro atoms. The summed E-state index contributed by atoms with van der Waals surface area (Å²) >= 11 is 0. The van der Waals surface area contributed by atoms with E-state index in [0.29, 0.717) is 12.8 Å². The molecule has 0 aromatic heterocycles. The van der Waals surface area contributed by atoms with Crippen molar-refractivity contribution in [2.75, 3.05) is 13.3 Å². The minimum absolute atomic E-state index is 0.0133. The Morgan fingerprint density at radius 3 is 2.88 bits per heavy atom. The van der Waals surface area contributed by atoms with Gasteiger partial charge in [-0.3, -0.25) is 8.98 Å². The summed E-state index contributed by atoms with van der Waals surface area (Å²) in [4.78, 5) is 11.8. The fraction of sp³-hybridized carbons (Fsp3) is 0.900. The number of ether oxygens (including phenoxy) is 1. The molecular formula is C10H13FO5S. The minimum Gasteiger partial charge on any atom is -0.463 e. The number of carbonyl (C=O) groups is 1. The van der Waals surface area contributed by atoms with Crippen LogP contribution in [0.2, 0.25) is 0 Å². The smallest absolute Gasteiger partial charge is 0.310 e. The normalized spacial score (nSPS) is 45.1. The van der Waals surface area contributed by atoms with Gasteiger partial charge in [0, 0.05) is 5.92 Å². The lowest BCUT2D eigenvalue weighted by Gasteiger charge is -2.22. The van der Waals surface area contributed by atoms with Crippen molar-refractivity contribution in [2.24, 2.45) is 17.8 Å². The Hall–Kier alpha value is -0.690. The SMILES string of the molecule is O=C(OCCF)C1C2CC3OS(=O)(=O)C1C3C2. The summed E-state index contributed by atoms with van der Waals surface area (Å²) in [5.41, 5.74) is 0. The lowest BCUT2D eigenvalue weighted by atomic mass is 9.87. The van der Waals surface area contributed by atoms with Gasteiger partial charge >= 0.3 is 5.97 Å². The van der Waals surface area contributed by atoms with Gasteiger partial charge < -0.3 is 4.74 Å². The highest BCUT2D eigenvalue weighted by Gasteiger charge is 2.66. The van der Waals surface area contributed by atoms with Gasteiger partial charge in [-0.1, -0.05) is 0 Å². The van der Waals surface area contributed by atoms with Gasteiger partial charge in [0.2, 0.25) is 0 Å². The first-order valence-electron chi connectivity index (χ1n) is 5.69. The summed E-state index contributed by atoms with van der Waals surface area (Å²) in [5.74, 6) is -1.31. The van der Waals surface area contributed by atoms with Crippen LogP contribution in [-0.4, -0.2) is 39.0 Å². The van der Waals surface area contributed by atoms with Crippen LogP contribution in [0.5, 0.6) is 0 Å². The highest BCUT2D eigenvalue weighted by Crippen LogP contribution is 2.57. The van der Waals surface area contributed by atoms with Gasteiger partial charge in [-0.15, -0.1) is 0 Å². The molecule has 1 heterocycles. The predicted octanol–water partition coefficient (Wildman–Crippen LogP) is 0.252. The van der Waals surface area contributed by atoms with E-state index < -0.39 is 33.9 Å². The summed E-state index contributed by atoms with van der Waals surface area (Å²) in [7, 11) is -3.65. The fourth-order valence-electron chi connectivity index (χ4n) is 3.55. The number of halogens is 1. The molecule has 0 N–H and O–H groups in total. The molecule has 17 heavy (non-hydrogen) atoms. The number of carbonyl (C=O) groups excluding carboxylic acids is 1. The number of fused-ring (bicyclic) bond motifs is 1. The third-order valence-electron chi connectivity index (χ3n) is 4.06. The summed E-state index contributed by atoms with van der Waals surface area (Å²) in [6.45, 7) is -1.05. The first-order valence-corrected chi connectivity index (χ1v) is 7.16. The van der Waals surface area contributed by atoms with Gasteiger partial charge in [0.1, 0.15) is 18.5 Å². The van der Waals surface area contributed by atoms with Crippen molar-refractivity contribution in [1.82, 2.24) is 0 Å². The van der Waals surface area contributed by atoms with E-state index in [1.165, 1.54) is 0 Å². The molecule has 2 bridgehead atoms. The van der Waals surface area contributed by atoms with Crippen molar-refractivity contribution in [2.45, 2.75) is 24.2 Å². The first kappa shape index (κ1) is 11.4. The minimum atomic E-state index is -3.65. The number of alkyl halides is 1. The maximum absolute atomic E-state index is 11.9. The van der Waals surface area contributed by atoms with Crippen LogP contribution < -0.4 is 0 Å². The second kappa shape index (κ2) is 3.65. The zero-order chi connectivity index (χ0) is 12.2. The fourth-order valence-corrected chi connectivity index (χ4v) is 5.65. The zero-order valence-electron chi connectivity index (χ0n) is 9.04. The molecule has 5 nitrogen and oxygen atoms in total. The predicted molar refractivity (Wildman–Crippen MR) is 54.2 cm³/mol. The molecule has 7 heteroatoms. The van der Waals surface area contributed by atoms with Crippen LogP contribution in [0.15, 0.2) is 0 Å². The first-order chi connectivity index (χ1) is 8.04. The maximum Gasteiger partial charge on any atom is 0.310 e. The van der Waals surface area contributed by atoms with E-state index in [2.05, 4.69) is 0 Å². The van der Waals surface area contributed by atoms with E-state index in [4.69, 9.17) is 8.92 Å². The van der Waals surface area contributed by atoms with Crippen LogP contribution >= 0.6 is 0 Å². The molecule has 5 unspecified atom stereocenters. The van der Waals surface area contributed by atoms with Crippen molar-refractivity contribution in [3.05, 3.63) is 0 Å². The third-order valence-corrected chi connectivity index (χ3v) is 5.88. The van der Waals surface area contributed by atoms with E-state index >= 15 is 0 Å². The van der Waals surface area contributed by atoms with E-state index in [-0.39, 0.29) is 24.5 Å². The Kier molecular flexibility index (Phi) is 2.45. The van der Waals surface area contributed by atoms with Gasteiger partial charge in [0.05, 0.1) is 12.0 Å². The monoisotopic (exact) mass is 264 g/mol. The lowest BCUT2D eigenvalue weighted by Crippen LogP contribution is -2.37. The molecule has 5 atom stereocenters. The van der Waals surface area contributed by atoms with Gasteiger partial charge in [0.25, 0.3) is 10.1 Å². The highest BCUT2D eigenvalue weighted by molar-refractivity contribution is 7.87. The van der Waals surface area contributed by atoms with E-state index in [1.807, 2.05) is 0 Å². The summed E-state index contributed by atoms with van der Waals surface area (Å²) < 4.78 is 45.2. The highest BCUT2D eigenvalue weighted by atomic mass is 32.2. The molecule has 2 saturated carbocycles. The van der Waals surface area contributed by atoms with Gasteiger partial charge in [-0.05, 0) is 18.8 Å². The van der Waals surface area contributed by atoms with Crippen LogP contribution in [0.25, 0.3) is 0 Å². The third kappa shape index (κ3) is 1.52. The number of esters is 1. The summed E-state index contributed by atoms with van der Waals surface area (Å²) in [5, 5.41) is -0.765. The Morgan fingerprint density at radius 2 is 2.18 bits per heavy atom. The lowest BCUT2D eigenvalue weighted by molar-refractivity contribution is -0.150. The van der Waals surface area contributed by atoms with E-state index in [0.717, 1.165) is 0 Å². The van der Waals surface area contributed by atoms with Crippen LogP contribution in [0, 0.1) is 17.8 Å². The molecule has 0 aromatic rings. The van der Waals surface area contributed by atoms with Crippen LogP contribution in [0.1, 0.15) is 12.8 Å². The molecule has 1 saturated heterocycles. The van der Waals surface area contributed by atoms with Crippen LogP contribution in [0.4, 0.5) is 4.39 Å². The zero-order valence-corrected chi connectivity index (χ0v) is 9.86. The van der Waals surface area contributed by atoms with E-state index in [1.54, 1.807) is 0 Å². The standard InChI is InChI=1S/C10H13FO5S/c11-1-2-15-10(12)8-5-3-6-7(4-5)16-17(13,14)9(6)8/h5-9H,1-4H2. The molecule has 96 valence electrons. The van der Waals surface area contributed by atoms with Crippen molar-refractivity contribution in [1.29, 1.82) is 0 Å². The van der Waals surface area contributed by atoms with Crippen molar-refractivity contribution in [3.63, 3.8) is 0 Å². The second-order valence-corrected chi connectivity index (χ2v) is 6.59. The summed E-state index contributed by atoms with van der Waals surface area (Å²) in [6.07, 6.45) is 1.04. The van der Waals surface area contributed by atoms with Gasteiger partial charge in [-0.2, -0.15) is 8.42 Å². The van der Waals surface area contributed by atoms with Crippen molar-refractivity contribution < 1.29 is 26.5 Å². The summed E-state index contributed by atoms with van der Waals surface area (Å²) in [6, 6.07) is 0. The van der Waals surface area contributed by atoms with Crippen molar-refractivity contribution in [3.8, 4) is 0 Å². The molecule has 3 fully saturated rings. The molecule has 0 aromatic carbocycles. The number of hydrogen-bond acceptors (Lipinski definition) is 5. The molecular weight excluding hydrogens is 251 g/mol. The second-order valence-electron chi connectivity index (χ2n) is 4.87. The molecule has 1 aliphatic heterocycles. The Bertz CT molecular complexity index is 446. The Morgan fingerprint density at radius 1 is 1.41 bits per heavy atom. The van der Waals surface area contributed by atoms with E-state index in [9.17, 15) is 17.6 Å². The topological polar surface area (TPSA) is 69.7 Å². The molecule has 0 amide bonds. The van der Waals surface area contributed by atoms with Crippen molar-refractivity contribution >= 4 is 16.1 Å². The van der Waals surface area contributed by atoms with Crippen LogP contribution in [0.3, 0.4) is 0 Å². The average Bonchev–Trinajstić information content (AvgIpc) is 2.84. The average molecular weight is 264 g/mol. The van der Waals surface area contributed by atoms with Crippen LogP contribution in [-0.2, 0) is 23.8 Å². The van der Waals surface area contributed by atoms with Gasteiger partial charge in [-0.25, -0.2) is 4.39 Å². The molecule has 3 aliphatic rings. The molecule has 3 rings (SSSR count). The van der Waals surface area contributed by atoms with Gasteiger partial charge in [0.15, 0.2) is 0 Å². The molecule has 0 radical (unpaired) electrons. The Balaban J connectivity index is 1.85. The largest absolute Gasteiger partial charge is 0.463 e. The maximum atomic E-state index is 11.9. The number of hydrogen-bond donors (Lipinski definition) is 0. The molecule has 2 aliphatic carbocycles. The number of rotatable bonds is 3.